The highest BCUT2D eigenvalue weighted by molar-refractivity contribution is 7.89. The Labute approximate surface area is 201 Å². The van der Waals surface area contributed by atoms with Crippen LogP contribution < -0.4 is 4.72 Å². The Balaban J connectivity index is 2.09. The van der Waals surface area contributed by atoms with Crippen molar-refractivity contribution in [3.8, 4) is 17.2 Å². The largest absolute Gasteiger partial charge is 0.330 e. The van der Waals surface area contributed by atoms with E-state index in [1.807, 2.05) is 4.72 Å². The van der Waals surface area contributed by atoms with Gasteiger partial charge in [-0.2, -0.15) is 5.26 Å². The number of halogens is 4. The molecule has 1 fully saturated rings. The highest BCUT2D eigenvalue weighted by Crippen LogP contribution is 2.38. The second-order valence-corrected chi connectivity index (χ2v) is 11.0. The molecule has 1 saturated heterocycles. The van der Waals surface area contributed by atoms with Crippen LogP contribution in [0.15, 0.2) is 42.5 Å². The van der Waals surface area contributed by atoms with Crippen molar-refractivity contribution in [3.05, 3.63) is 59.7 Å². The molecular formula is C24H25F4N3O3S. The van der Waals surface area contributed by atoms with E-state index in [4.69, 9.17) is 0 Å². The maximum atomic E-state index is 15.5. The minimum atomic E-state index is -4.12. The van der Waals surface area contributed by atoms with Crippen LogP contribution in [0.2, 0.25) is 0 Å². The molecule has 0 aromatic heterocycles. The Bertz CT molecular complexity index is 1280. The Morgan fingerprint density at radius 1 is 1.23 bits per heavy atom. The summed E-state index contributed by atoms with van der Waals surface area (Å²) in [6, 6.07) is 7.63. The van der Waals surface area contributed by atoms with Crippen LogP contribution in [0.1, 0.15) is 26.3 Å². The number of alkyl halides is 2. The van der Waals surface area contributed by atoms with Crippen molar-refractivity contribution >= 4 is 15.9 Å². The van der Waals surface area contributed by atoms with Crippen LogP contribution in [-0.2, 0) is 21.2 Å². The third kappa shape index (κ3) is 5.49. The van der Waals surface area contributed by atoms with Crippen molar-refractivity contribution in [2.45, 2.75) is 45.2 Å². The van der Waals surface area contributed by atoms with E-state index in [1.165, 1.54) is 57.2 Å². The molecule has 0 radical (unpaired) electrons. The molecule has 0 spiro atoms. The lowest BCUT2D eigenvalue weighted by molar-refractivity contribution is -0.139. The van der Waals surface area contributed by atoms with Crippen LogP contribution >= 0.6 is 0 Å². The van der Waals surface area contributed by atoms with Crippen molar-refractivity contribution in [3.63, 3.8) is 0 Å². The van der Waals surface area contributed by atoms with Gasteiger partial charge in [-0.15, -0.1) is 0 Å². The van der Waals surface area contributed by atoms with Crippen molar-refractivity contribution in [1.82, 2.24) is 9.62 Å². The van der Waals surface area contributed by atoms with Crippen LogP contribution in [0.3, 0.4) is 0 Å². The molecule has 0 bridgehead atoms. The van der Waals surface area contributed by atoms with Gasteiger partial charge in [0.05, 0.1) is 24.4 Å². The number of likely N-dealkylation sites (tertiary alicyclic amines) is 1. The number of hydrogen-bond acceptors (Lipinski definition) is 4. The Hall–Kier alpha value is -2.97. The first-order valence-corrected chi connectivity index (χ1v) is 12.5. The van der Waals surface area contributed by atoms with Crippen molar-refractivity contribution in [2.75, 3.05) is 12.3 Å². The van der Waals surface area contributed by atoms with Gasteiger partial charge in [-0.1, -0.05) is 30.3 Å². The predicted molar refractivity (Wildman–Crippen MR) is 122 cm³/mol. The van der Waals surface area contributed by atoms with Gasteiger partial charge in [0.15, 0.2) is 0 Å². The molecule has 1 aliphatic rings. The van der Waals surface area contributed by atoms with Crippen LogP contribution in [0.5, 0.6) is 0 Å². The highest BCUT2D eigenvalue weighted by Gasteiger charge is 2.58. The maximum Gasteiger partial charge on any atom is 0.283 e. The van der Waals surface area contributed by atoms with Gasteiger partial charge in [-0.25, -0.2) is 30.7 Å². The van der Waals surface area contributed by atoms with E-state index in [0.717, 1.165) is 11.0 Å². The lowest BCUT2D eigenvalue weighted by Gasteiger charge is -2.31. The molecular weight excluding hydrogens is 486 g/mol. The number of sulfonamides is 1. The zero-order valence-electron chi connectivity index (χ0n) is 19.4. The molecule has 2 aromatic carbocycles. The molecule has 35 heavy (non-hydrogen) atoms. The number of nitrogens with one attached hydrogen (secondary N) is 1. The van der Waals surface area contributed by atoms with Crippen molar-refractivity contribution < 1.29 is 30.8 Å². The summed E-state index contributed by atoms with van der Waals surface area (Å²) in [5.74, 6) is -6.48. The summed E-state index contributed by atoms with van der Waals surface area (Å²) in [6.07, 6.45) is -0.464. The molecule has 6 nitrogen and oxygen atoms in total. The topological polar surface area (TPSA) is 90.3 Å². The average Bonchev–Trinajstić information content (AvgIpc) is 3.03. The van der Waals surface area contributed by atoms with Gasteiger partial charge in [0.1, 0.15) is 23.1 Å². The SMILES string of the molecule is CCS(=O)(=O)N[C@@H]1[C@H](Cc2cccc(-c3cccc(F)c3)c2F)N(C(=O)C(C)(C)C#N)CC1(F)F. The Morgan fingerprint density at radius 2 is 1.89 bits per heavy atom. The average molecular weight is 512 g/mol. The van der Waals surface area contributed by atoms with Gasteiger partial charge in [-0.05, 0) is 50.5 Å². The number of nitrogens with zero attached hydrogens (tertiary/aromatic N) is 2. The number of amides is 1. The normalized spacial score (nSPS) is 20.0. The minimum absolute atomic E-state index is 0.0210. The lowest BCUT2D eigenvalue weighted by Crippen LogP contribution is -2.53. The fraction of sp³-hybridized carbons (Fsp3) is 0.417. The van der Waals surface area contributed by atoms with Crippen molar-refractivity contribution in [2.24, 2.45) is 5.41 Å². The molecule has 2 atom stereocenters. The predicted octanol–water partition coefficient (Wildman–Crippen LogP) is 3.88. The number of rotatable bonds is 7. The number of benzene rings is 2. The summed E-state index contributed by atoms with van der Waals surface area (Å²) in [7, 11) is -4.12. The molecule has 0 saturated carbocycles. The summed E-state index contributed by atoms with van der Waals surface area (Å²) in [4.78, 5) is 13.8. The van der Waals surface area contributed by atoms with Gasteiger partial charge < -0.3 is 4.90 Å². The quantitative estimate of drug-likeness (QED) is 0.572. The summed E-state index contributed by atoms with van der Waals surface area (Å²) >= 11 is 0. The smallest absolute Gasteiger partial charge is 0.283 e. The first kappa shape index (κ1) is 26.6. The molecule has 1 amide bonds. The molecule has 1 N–H and O–H groups in total. The molecule has 11 heteroatoms. The van der Waals surface area contributed by atoms with Gasteiger partial charge in [0.2, 0.25) is 15.9 Å². The second kappa shape index (κ2) is 9.59. The van der Waals surface area contributed by atoms with Crippen LogP contribution in [0.4, 0.5) is 17.6 Å². The van der Waals surface area contributed by atoms with E-state index < -0.39 is 69.7 Å². The number of hydrogen-bond donors (Lipinski definition) is 1. The van der Waals surface area contributed by atoms with E-state index in [0.29, 0.717) is 0 Å². The van der Waals surface area contributed by atoms with E-state index in [2.05, 4.69) is 0 Å². The molecule has 188 valence electrons. The highest BCUT2D eigenvalue weighted by atomic mass is 32.2. The van der Waals surface area contributed by atoms with E-state index >= 15 is 13.2 Å². The minimum Gasteiger partial charge on any atom is -0.330 e. The standard InChI is InChI=1S/C24H25F4N3O3S/c1-4-35(33,34)30-21-19(31(14-24(21,27)28)22(32)23(2,3)13-29)12-16-8-6-10-18(20(16)26)15-7-5-9-17(25)11-15/h5-11,19,21,30H,4,12,14H2,1-3H3/t19-,21+/m0/s1. The number of carbonyl (C=O) groups is 1. The number of carbonyl (C=O) groups excluding carboxylic acids is 1. The van der Waals surface area contributed by atoms with Crippen molar-refractivity contribution in [1.29, 1.82) is 5.26 Å². The zero-order chi connectivity index (χ0) is 26.2. The summed E-state index contributed by atoms with van der Waals surface area (Å²) < 4.78 is 85.7. The van der Waals surface area contributed by atoms with Gasteiger partial charge in [0, 0.05) is 5.56 Å². The fourth-order valence-corrected chi connectivity index (χ4v) is 4.93. The van der Waals surface area contributed by atoms with E-state index in [1.54, 1.807) is 6.07 Å². The van der Waals surface area contributed by atoms with Crippen LogP contribution in [0.25, 0.3) is 11.1 Å². The van der Waals surface area contributed by atoms with Gasteiger partial charge in [-0.3, -0.25) is 4.79 Å². The number of nitriles is 1. The summed E-state index contributed by atoms with van der Waals surface area (Å²) in [6.45, 7) is 2.66. The zero-order valence-corrected chi connectivity index (χ0v) is 20.2. The fourth-order valence-electron chi connectivity index (χ4n) is 4.04. The maximum absolute atomic E-state index is 15.5. The third-order valence-corrected chi connectivity index (χ3v) is 7.40. The molecule has 0 aliphatic carbocycles. The summed E-state index contributed by atoms with van der Waals surface area (Å²) in [5.41, 5.74) is -1.49. The molecule has 1 aliphatic heterocycles. The van der Waals surface area contributed by atoms with Crippen LogP contribution in [0, 0.1) is 28.4 Å². The lowest BCUT2D eigenvalue weighted by atomic mass is 9.91. The Kier molecular flexibility index (Phi) is 7.29. The van der Waals surface area contributed by atoms with Gasteiger partial charge >= 0.3 is 0 Å². The van der Waals surface area contributed by atoms with E-state index in [-0.39, 0.29) is 16.7 Å². The Morgan fingerprint density at radius 3 is 2.49 bits per heavy atom. The first-order chi connectivity index (χ1) is 16.2. The molecule has 1 heterocycles. The molecule has 2 aromatic rings. The van der Waals surface area contributed by atoms with Crippen LogP contribution in [-0.4, -0.2) is 49.5 Å². The third-order valence-electron chi connectivity index (χ3n) is 6.03. The second-order valence-electron chi connectivity index (χ2n) is 8.99. The van der Waals surface area contributed by atoms with E-state index in [9.17, 15) is 22.9 Å². The monoisotopic (exact) mass is 511 g/mol. The van der Waals surface area contributed by atoms with Gasteiger partial charge in [0.25, 0.3) is 5.92 Å². The first-order valence-electron chi connectivity index (χ1n) is 10.9. The summed E-state index contributed by atoms with van der Waals surface area (Å²) in [5, 5.41) is 9.36. The molecule has 3 rings (SSSR count). The molecule has 0 unspecified atom stereocenters.